The molecular weight excluding hydrogens is 325 g/mol. The number of nitrogens with one attached hydrogen (secondary N) is 1. The van der Waals surface area contributed by atoms with E-state index in [1.807, 2.05) is 0 Å². The van der Waals surface area contributed by atoms with Crippen LogP contribution in [0.2, 0.25) is 5.02 Å². The Bertz CT molecular complexity index is 807. The Hall–Kier alpha value is -2.24. The zero-order chi connectivity index (χ0) is 14.8. The Morgan fingerprint density at radius 3 is 2.77 bits per heavy atom. The number of benzene rings is 2. The van der Waals surface area contributed by atoms with Gasteiger partial charge in [0.1, 0.15) is 23.6 Å². The van der Waals surface area contributed by atoms with E-state index in [9.17, 15) is 5.11 Å². The standard InChI is InChI=1S/C15H12ClN3O2.ClH/c1-21-9-5-6-10(16)12(7-9)19-15-14-11(17-8-18-15)3-2-4-13(14)20;/h2-8,20H,1H3,(H,17,18,19);1H. The number of nitrogens with zero attached hydrogens (tertiary/aromatic N) is 2. The fourth-order valence-electron chi connectivity index (χ4n) is 2.04. The first-order chi connectivity index (χ1) is 10.2. The number of aromatic nitrogens is 2. The van der Waals surface area contributed by atoms with Crippen LogP contribution in [0.3, 0.4) is 0 Å². The number of hydrogen-bond donors (Lipinski definition) is 2. The van der Waals surface area contributed by atoms with E-state index in [0.717, 1.165) is 0 Å². The zero-order valence-electron chi connectivity index (χ0n) is 11.6. The Balaban J connectivity index is 0.00000176. The molecule has 0 spiro atoms. The summed E-state index contributed by atoms with van der Waals surface area (Å²) in [6, 6.07) is 10.4. The van der Waals surface area contributed by atoms with Crippen molar-refractivity contribution in [3.05, 3.63) is 47.7 Å². The van der Waals surface area contributed by atoms with Gasteiger partial charge in [0, 0.05) is 6.07 Å². The molecule has 3 rings (SSSR count). The van der Waals surface area contributed by atoms with Gasteiger partial charge in [0.2, 0.25) is 0 Å². The molecule has 0 saturated carbocycles. The van der Waals surface area contributed by atoms with E-state index < -0.39 is 0 Å². The molecule has 5 nitrogen and oxygen atoms in total. The molecule has 3 aromatic rings. The molecule has 0 aliphatic heterocycles. The van der Waals surface area contributed by atoms with Crippen molar-refractivity contribution in [1.82, 2.24) is 9.97 Å². The van der Waals surface area contributed by atoms with Gasteiger partial charge in [-0.05, 0) is 24.3 Å². The number of methoxy groups -OCH3 is 1. The molecule has 0 bridgehead atoms. The fraction of sp³-hybridized carbons (Fsp3) is 0.0667. The smallest absolute Gasteiger partial charge is 0.145 e. The lowest BCUT2D eigenvalue weighted by Crippen LogP contribution is -1.97. The molecule has 2 N–H and O–H groups in total. The van der Waals surface area contributed by atoms with Gasteiger partial charge >= 0.3 is 0 Å². The number of halogens is 2. The second kappa shape index (κ2) is 6.68. The molecule has 0 aliphatic carbocycles. The van der Waals surface area contributed by atoms with Crippen LogP contribution in [0.1, 0.15) is 0 Å². The Kier molecular flexibility index (Phi) is 4.90. The molecule has 1 heterocycles. The Labute approximate surface area is 138 Å². The van der Waals surface area contributed by atoms with Crippen molar-refractivity contribution in [1.29, 1.82) is 0 Å². The predicted molar refractivity (Wildman–Crippen MR) is 89.7 cm³/mol. The molecular formula is C15H13Cl2N3O2. The van der Waals surface area contributed by atoms with Gasteiger partial charge in [0.05, 0.1) is 28.7 Å². The van der Waals surface area contributed by atoms with Gasteiger partial charge in [-0.2, -0.15) is 0 Å². The lowest BCUT2D eigenvalue weighted by molar-refractivity contribution is 0.415. The molecule has 0 fully saturated rings. The van der Waals surface area contributed by atoms with Crippen LogP contribution in [0.5, 0.6) is 11.5 Å². The Morgan fingerprint density at radius 2 is 2.00 bits per heavy atom. The SMILES string of the molecule is COc1ccc(Cl)c(Nc2ncnc3cccc(O)c23)c1.Cl. The summed E-state index contributed by atoms with van der Waals surface area (Å²) < 4.78 is 5.18. The predicted octanol–water partition coefficient (Wildman–Crippen LogP) is 4.16. The van der Waals surface area contributed by atoms with Gasteiger partial charge in [0.25, 0.3) is 0 Å². The number of fused-ring (bicyclic) bond motifs is 1. The van der Waals surface area contributed by atoms with E-state index in [1.165, 1.54) is 6.33 Å². The maximum Gasteiger partial charge on any atom is 0.145 e. The monoisotopic (exact) mass is 337 g/mol. The van der Waals surface area contributed by atoms with E-state index in [4.69, 9.17) is 16.3 Å². The van der Waals surface area contributed by atoms with E-state index in [0.29, 0.717) is 33.2 Å². The summed E-state index contributed by atoms with van der Waals surface area (Å²) in [5.74, 6) is 1.26. The van der Waals surface area contributed by atoms with Crippen LogP contribution in [0.4, 0.5) is 11.5 Å². The number of hydrogen-bond acceptors (Lipinski definition) is 5. The summed E-state index contributed by atoms with van der Waals surface area (Å²) in [4.78, 5) is 8.31. The number of anilines is 2. The highest BCUT2D eigenvalue weighted by molar-refractivity contribution is 6.33. The van der Waals surface area contributed by atoms with E-state index in [1.54, 1.807) is 43.5 Å². The second-order valence-electron chi connectivity index (χ2n) is 4.36. The van der Waals surface area contributed by atoms with Crippen molar-refractivity contribution in [2.45, 2.75) is 0 Å². The fourth-order valence-corrected chi connectivity index (χ4v) is 2.21. The zero-order valence-corrected chi connectivity index (χ0v) is 13.1. The van der Waals surface area contributed by atoms with E-state index in [2.05, 4.69) is 15.3 Å². The number of rotatable bonds is 3. The highest BCUT2D eigenvalue weighted by Gasteiger charge is 2.10. The normalized spacial score (nSPS) is 10.1. The van der Waals surface area contributed by atoms with Crippen LogP contribution in [-0.4, -0.2) is 22.2 Å². The molecule has 0 saturated heterocycles. The molecule has 0 aliphatic rings. The van der Waals surface area contributed by atoms with Crippen molar-refractivity contribution >= 4 is 46.4 Å². The average molecular weight is 338 g/mol. The minimum atomic E-state index is 0. The van der Waals surface area contributed by atoms with Crippen molar-refractivity contribution in [3.8, 4) is 11.5 Å². The summed E-state index contributed by atoms with van der Waals surface area (Å²) in [5, 5.41) is 14.2. The molecule has 2 aromatic carbocycles. The molecule has 0 radical (unpaired) electrons. The minimum absolute atomic E-state index is 0. The number of ether oxygens (including phenoxy) is 1. The lowest BCUT2D eigenvalue weighted by Gasteiger charge is -2.11. The minimum Gasteiger partial charge on any atom is -0.507 e. The van der Waals surface area contributed by atoms with Crippen LogP contribution >= 0.6 is 24.0 Å². The summed E-state index contributed by atoms with van der Waals surface area (Å²) in [7, 11) is 1.58. The molecule has 22 heavy (non-hydrogen) atoms. The first-order valence-electron chi connectivity index (χ1n) is 6.22. The van der Waals surface area contributed by atoms with Crippen molar-refractivity contribution < 1.29 is 9.84 Å². The van der Waals surface area contributed by atoms with Gasteiger partial charge in [-0.15, -0.1) is 12.4 Å². The molecule has 0 unspecified atom stereocenters. The average Bonchev–Trinajstić information content (AvgIpc) is 2.50. The van der Waals surface area contributed by atoms with Crippen molar-refractivity contribution in [2.24, 2.45) is 0 Å². The highest BCUT2D eigenvalue weighted by Crippen LogP contribution is 2.33. The molecule has 114 valence electrons. The van der Waals surface area contributed by atoms with E-state index in [-0.39, 0.29) is 18.2 Å². The third-order valence-electron chi connectivity index (χ3n) is 3.07. The van der Waals surface area contributed by atoms with Gasteiger partial charge in [-0.3, -0.25) is 0 Å². The van der Waals surface area contributed by atoms with E-state index >= 15 is 0 Å². The summed E-state index contributed by atoms with van der Waals surface area (Å²) >= 11 is 6.17. The third kappa shape index (κ3) is 3.00. The van der Waals surface area contributed by atoms with Gasteiger partial charge in [0.15, 0.2) is 0 Å². The van der Waals surface area contributed by atoms with Crippen LogP contribution in [0.15, 0.2) is 42.7 Å². The molecule has 0 amide bonds. The quantitative estimate of drug-likeness (QED) is 0.750. The van der Waals surface area contributed by atoms with Crippen LogP contribution < -0.4 is 10.1 Å². The van der Waals surface area contributed by atoms with Crippen molar-refractivity contribution in [3.63, 3.8) is 0 Å². The summed E-state index contributed by atoms with van der Waals surface area (Å²) in [6.45, 7) is 0. The largest absolute Gasteiger partial charge is 0.507 e. The topological polar surface area (TPSA) is 67.3 Å². The third-order valence-corrected chi connectivity index (χ3v) is 3.40. The summed E-state index contributed by atoms with van der Waals surface area (Å²) in [6.07, 6.45) is 1.43. The maximum atomic E-state index is 10.0. The number of phenols is 1. The molecule has 0 atom stereocenters. The molecule has 1 aromatic heterocycles. The van der Waals surface area contributed by atoms with Gasteiger partial charge < -0.3 is 15.2 Å². The summed E-state index contributed by atoms with van der Waals surface area (Å²) in [5.41, 5.74) is 1.28. The lowest BCUT2D eigenvalue weighted by atomic mass is 10.2. The van der Waals surface area contributed by atoms with Crippen LogP contribution in [-0.2, 0) is 0 Å². The maximum absolute atomic E-state index is 10.0. The highest BCUT2D eigenvalue weighted by atomic mass is 35.5. The number of aromatic hydroxyl groups is 1. The van der Waals surface area contributed by atoms with Gasteiger partial charge in [-0.25, -0.2) is 9.97 Å². The second-order valence-corrected chi connectivity index (χ2v) is 4.77. The first kappa shape index (κ1) is 16.1. The molecule has 7 heteroatoms. The number of phenolic OH excluding ortho intramolecular Hbond substituents is 1. The first-order valence-corrected chi connectivity index (χ1v) is 6.60. The van der Waals surface area contributed by atoms with Gasteiger partial charge in [-0.1, -0.05) is 17.7 Å². The Morgan fingerprint density at radius 1 is 1.18 bits per heavy atom. The van der Waals surface area contributed by atoms with Crippen LogP contribution in [0, 0.1) is 0 Å². The van der Waals surface area contributed by atoms with Crippen LogP contribution in [0.25, 0.3) is 10.9 Å². The van der Waals surface area contributed by atoms with Crippen molar-refractivity contribution in [2.75, 3.05) is 12.4 Å².